The summed E-state index contributed by atoms with van der Waals surface area (Å²) in [5, 5.41) is 3.28. The third kappa shape index (κ3) is 5.78. The molecule has 9 heteroatoms. The maximum atomic E-state index is 12.6. The van der Waals surface area contributed by atoms with Crippen molar-refractivity contribution in [2.24, 2.45) is 0 Å². The van der Waals surface area contributed by atoms with Crippen LogP contribution in [0.15, 0.2) is 17.3 Å². The Morgan fingerprint density at radius 1 is 1.24 bits per heavy atom. The Hall–Kier alpha value is -1.47. The molecule has 0 spiro atoms. The largest absolute Gasteiger partial charge is 0.355 e. The van der Waals surface area contributed by atoms with Crippen molar-refractivity contribution in [1.29, 1.82) is 0 Å². The second-order valence-electron chi connectivity index (χ2n) is 5.74. The van der Waals surface area contributed by atoms with Crippen molar-refractivity contribution in [3.05, 3.63) is 28.4 Å². The van der Waals surface area contributed by atoms with Crippen molar-refractivity contribution in [2.75, 3.05) is 25.9 Å². The van der Waals surface area contributed by atoms with Crippen LogP contribution < -0.4 is 10.9 Å². The lowest BCUT2D eigenvalue weighted by Gasteiger charge is -2.17. The fourth-order valence-corrected chi connectivity index (χ4v) is 4.15. The number of hydrogen-bond acceptors (Lipinski definition) is 6. The molecule has 8 nitrogen and oxygen atoms in total. The molecule has 0 aliphatic heterocycles. The van der Waals surface area contributed by atoms with Crippen LogP contribution in [0.2, 0.25) is 0 Å². The molecule has 140 valence electrons. The zero-order valence-corrected chi connectivity index (χ0v) is 15.7. The monoisotopic (exact) mass is 370 g/mol. The zero-order valence-electron chi connectivity index (χ0n) is 14.8. The maximum Gasteiger partial charge on any atom is 0.330 e. The van der Waals surface area contributed by atoms with Gasteiger partial charge in [-0.2, -0.15) is 0 Å². The van der Waals surface area contributed by atoms with Crippen molar-refractivity contribution >= 4 is 18.6 Å². The summed E-state index contributed by atoms with van der Waals surface area (Å²) in [5.74, 6) is 0. The number of rotatable bonds is 12. The van der Waals surface area contributed by atoms with Crippen molar-refractivity contribution in [2.45, 2.75) is 39.7 Å². The van der Waals surface area contributed by atoms with Gasteiger partial charge in [-0.05, 0) is 26.3 Å². The highest BCUT2D eigenvalue weighted by atomic mass is 31.2. The highest BCUT2D eigenvalue weighted by Crippen LogP contribution is 2.48. The van der Waals surface area contributed by atoms with E-state index in [2.05, 4.69) is 27.2 Å². The number of nitrogens with one attached hydrogen (secondary N) is 3. The molecule has 2 rings (SSSR count). The standard InChI is InChI=1S/C16H27N4O4P/c1-3-5-8-24-25(22,23-4-2)9-6-7-17-10-13-11-18-15-14(13)19-12-20-16(15)21/h11-12,17-18H,3-10H2,1-2H3,(H,19,20,21). The van der Waals surface area contributed by atoms with Gasteiger partial charge in [0, 0.05) is 18.3 Å². The number of hydrogen-bond donors (Lipinski definition) is 3. The van der Waals surface area contributed by atoms with Gasteiger partial charge in [-0.15, -0.1) is 0 Å². The molecule has 3 N–H and O–H groups in total. The summed E-state index contributed by atoms with van der Waals surface area (Å²) >= 11 is 0. The first-order chi connectivity index (χ1) is 12.1. The summed E-state index contributed by atoms with van der Waals surface area (Å²) < 4.78 is 23.4. The van der Waals surface area contributed by atoms with Crippen LogP contribution >= 0.6 is 7.60 Å². The quantitative estimate of drug-likeness (QED) is 0.392. The fraction of sp³-hybridized carbons (Fsp3) is 0.625. The van der Waals surface area contributed by atoms with Crippen LogP contribution in [0, 0.1) is 0 Å². The topological polar surface area (TPSA) is 109 Å². The molecule has 0 saturated heterocycles. The van der Waals surface area contributed by atoms with Gasteiger partial charge < -0.3 is 24.3 Å². The van der Waals surface area contributed by atoms with Gasteiger partial charge in [-0.3, -0.25) is 9.36 Å². The molecular formula is C16H27N4O4P. The van der Waals surface area contributed by atoms with E-state index in [4.69, 9.17) is 9.05 Å². The molecule has 0 bridgehead atoms. The van der Waals surface area contributed by atoms with Gasteiger partial charge in [0.2, 0.25) is 0 Å². The van der Waals surface area contributed by atoms with Crippen LogP contribution in [0.4, 0.5) is 0 Å². The number of aromatic amines is 2. The van der Waals surface area contributed by atoms with Crippen molar-refractivity contribution < 1.29 is 13.6 Å². The lowest BCUT2D eigenvalue weighted by Crippen LogP contribution is -2.16. The van der Waals surface area contributed by atoms with Crippen LogP contribution in [0.25, 0.3) is 11.0 Å². The summed E-state index contributed by atoms with van der Waals surface area (Å²) in [4.78, 5) is 21.3. The SMILES string of the molecule is CCCCOP(=O)(CCCNCc1c[nH]c2c(=O)[nH]cnc12)OCC. The number of H-pyrrole nitrogens is 2. The average Bonchev–Trinajstić information content (AvgIpc) is 3.00. The second-order valence-corrected chi connectivity index (χ2v) is 7.92. The van der Waals surface area contributed by atoms with Gasteiger partial charge in [-0.25, -0.2) is 4.98 Å². The molecule has 1 atom stereocenters. The lowest BCUT2D eigenvalue weighted by atomic mass is 10.3. The number of fused-ring (bicyclic) bond motifs is 1. The molecule has 2 aromatic rings. The van der Waals surface area contributed by atoms with Crippen molar-refractivity contribution in [3.63, 3.8) is 0 Å². The smallest absolute Gasteiger partial charge is 0.330 e. The normalized spacial score (nSPS) is 14.0. The molecule has 0 amide bonds. The molecule has 0 fully saturated rings. The molecule has 25 heavy (non-hydrogen) atoms. The van der Waals surface area contributed by atoms with E-state index in [1.807, 2.05) is 6.92 Å². The Morgan fingerprint density at radius 3 is 2.84 bits per heavy atom. The summed E-state index contributed by atoms with van der Waals surface area (Å²) in [6, 6.07) is 0. The average molecular weight is 370 g/mol. The first-order valence-electron chi connectivity index (χ1n) is 8.72. The first kappa shape index (κ1) is 19.8. The van der Waals surface area contributed by atoms with Crippen LogP contribution in [0.5, 0.6) is 0 Å². The van der Waals surface area contributed by atoms with Crippen molar-refractivity contribution in [3.8, 4) is 0 Å². The molecule has 0 saturated carbocycles. The van der Waals surface area contributed by atoms with E-state index >= 15 is 0 Å². The van der Waals surface area contributed by atoms with E-state index in [9.17, 15) is 9.36 Å². The van der Waals surface area contributed by atoms with E-state index < -0.39 is 7.60 Å². The molecule has 2 aromatic heterocycles. The number of aromatic nitrogens is 3. The van der Waals surface area contributed by atoms with E-state index in [1.54, 1.807) is 6.20 Å². The molecule has 0 aliphatic carbocycles. The predicted octanol–water partition coefficient (Wildman–Crippen LogP) is 2.78. The van der Waals surface area contributed by atoms with Gasteiger partial charge in [-0.1, -0.05) is 13.3 Å². The molecule has 0 aliphatic rings. The first-order valence-corrected chi connectivity index (χ1v) is 10.4. The zero-order chi connectivity index (χ0) is 18.1. The van der Waals surface area contributed by atoms with Crippen molar-refractivity contribution in [1.82, 2.24) is 20.3 Å². The van der Waals surface area contributed by atoms with Crippen LogP contribution in [0.3, 0.4) is 0 Å². The number of unbranched alkanes of at least 4 members (excludes halogenated alkanes) is 1. The second kappa shape index (κ2) is 9.87. The molecule has 0 aromatic carbocycles. The Bertz CT molecular complexity index is 758. The number of nitrogens with zero attached hydrogens (tertiary/aromatic N) is 1. The van der Waals surface area contributed by atoms with Gasteiger partial charge in [0.05, 0.1) is 31.2 Å². The molecular weight excluding hydrogens is 343 g/mol. The van der Waals surface area contributed by atoms with Gasteiger partial charge in [0.15, 0.2) is 0 Å². The minimum Gasteiger partial charge on any atom is -0.355 e. The van der Waals surface area contributed by atoms with Crippen LogP contribution in [-0.4, -0.2) is 40.9 Å². The van der Waals surface area contributed by atoms with E-state index in [-0.39, 0.29) is 5.56 Å². The van der Waals surface area contributed by atoms with Gasteiger partial charge in [0.1, 0.15) is 5.52 Å². The Balaban J connectivity index is 1.78. The molecule has 1 unspecified atom stereocenters. The Labute approximate surface area is 147 Å². The summed E-state index contributed by atoms with van der Waals surface area (Å²) in [6.45, 7) is 5.98. The van der Waals surface area contributed by atoms with E-state index in [1.165, 1.54) is 6.33 Å². The van der Waals surface area contributed by atoms with Gasteiger partial charge in [0.25, 0.3) is 5.56 Å². The lowest BCUT2D eigenvalue weighted by molar-refractivity contribution is 0.209. The predicted molar refractivity (Wildman–Crippen MR) is 98.0 cm³/mol. The summed E-state index contributed by atoms with van der Waals surface area (Å²) in [5.41, 5.74) is 1.88. The third-order valence-corrected chi connectivity index (χ3v) is 5.85. The van der Waals surface area contributed by atoms with Gasteiger partial charge >= 0.3 is 7.60 Å². The molecule has 2 heterocycles. The summed E-state index contributed by atoms with van der Waals surface area (Å²) in [6.07, 6.45) is 6.12. The Morgan fingerprint density at radius 2 is 2.08 bits per heavy atom. The minimum atomic E-state index is -3.00. The fourth-order valence-electron chi connectivity index (χ4n) is 2.47. The van der Waals surface area contributed by atoms with Crippen LogP contribution in [-0.2, 0) is 20.2 Å². The highest BCUT2D eigenvalue weighted by Gasteiger charge is 2.23. The summed E-state index contributed by atoms with van der Waals surface area (Å²) in [7, 11) is -3.00. The Kier molecular flexibility index (Phi) is 7.84. The third-order valence-electron chi connectivity index (χ3n) is 3.76. The van der Waals surface area contributed by atoms with Crippen LogP contribution in [0.1, 0.15) is 38.7 Å². The minimum absolute atomic E-state index is 0.182. The van der Waals surface area contributed by atoms with E-state index in [0.29, 0.717) is 49.9 Å². The highest BCUT2D eigenvalue weighted by molar-refractivity contribution is 7.53. The van der Waals surface area contributed by atoms with E-state index in [0.717, 1.165) is 18.4 Å². The maximum absolute atomic E-state index is 12.6. The molecule has 0 radical (unpaired) electrons.